The van der Waals surface area contributed by atoms with Crippen LogP contribution in [0.15, 0.2) is 63.7 Å². The highest BCUT2D eigenvalue weighted by atomic mass is 127. The van der Waals surface area contributed by atoms with E-state index in [1.165, 1.54) is 0 Å². The fourth-order valence-corrected chi connectivity index (χ4v) is 2.58. The van der Waals surface area contributed by atoms with Crippen LogP contribution in [0.25, 0.3) is 6.08 Å². The highest BCUT2D eigenvalue weighted by Gasteiger charge is 2.24. The first-order valence-electron chi connectivity index (χ1n) is 6.16. The van der Waals surface area contributed by atoms with Gasteiger partial charge in [-0.25, -0.2) is 9.79 Å². The molecule has 0 amide bonds. The summed E-state index contributed by atoms with van der Waals surface area (Å²) in [5.74, 6) is -0.0946. The molecule has 0 saturated carbocycles. The van der Waals surface area contributed by atoms with Gasteiger partial charge in [0.2, 0.25) is 5.90 Å². The molecule has 2 aromatic rings. The highest BCUT2D eigenvalue weighted by Crippen LogP contribution is 2.24. The summed E-state index contributed by atoms with van der Waals surface area (Å²) in [5.41, 5.74) is 2.00. The minimum Gasteiger partial charge on any atom is -0.402 e. The summed E-state index contributed by atoms with van der Waals surface area (Å²) in [4.78, 5) is 16.2. The first-order valence-corrected chi connectivity index (χ1v) is 8.04. The molecule has 3 nitrogen and oxygen atoms in total. The van der Waals surface area contributed by atoms with Crippen molar-refractivity contribution < 1.29 is 9.53 Å². The first-order chi connectivity index (χ1) is 10.1. The maximum atomic E-state index is 11.9. The van der Waals surface area contributed by atoms with Crippen LogP contribution < -0.4 is 0 Å². The molecule has 0 aromatic heterocycles. The lowest BCUT2D eigenvalue weighted by Crippen LogP contribution is -2.05. The van der Waals surface area contributed by atoms with Gasteiger partial charge in [-0.2, -0.15) is 0 Å². The monoisotopic (exact) mass is 453 g/mol. The molecule has 1 aliphatic heterocycles. The molecule has 1 heterocycles. The van der Waals surface area contributed by atoms with Crippen LogP contribution in [0, 0.1) is 3.57 Å². The van der Waals surface area contributed by atoms with Crippen LogP contribution in [0.4, 0.5) is 0 Å². The Morgan fingerprint density at radius 1 is 1.14 bits per heavy atom. The first kappa shape index (κ1) is 14.5. The van der Waals surface area contributed by atoms with E-state index in [0.717, 1.165) is 19.2 Å². The van der Waals surface area contributed by atoms with Crippen LogP contribution in [-0.4, -0.2) is 11.9 Å². The second kappa shape index (κ2) is 6.11. The van der Waals surface area contributed by atoms with Gasteiger partial charge in [-0.1, -0.05) is 30.3 Å². The van der Waals surface area contributed by atoms with E-state index in [0.29, 0.717) is 11.6 Å². The Balaban J connectivity index is 1.95. The number of rotatable bonds is 2. The summed E-state index contributed by atoms with van der Waals surface area (Å²) in [6.45, 7) is 0. The van der Waals surface area contributed by atoms with Crippen LogP contribution in [0.5, 0.6) is 0 Å². The zero-order valence-corrected chi connectivity index (χ0v) is 14.5. The van der Waals surface area contributed by atoms with Crippen molar-refractivity contribution in [2.75, 3.05) is 0 Å². The number of aliphatic imine (C=N–C) groups is 1. The van der Waals surface area contributed by atoms with Crippen molar-refractivity contribution in [3.05, 3.63) is 73.4 Å². The van der Waals surface area contributed by atoms with E-state index in [2.05, 4.69) is 43.5 Å². The van der Waals surface area contributed by atoms with Gasteiger partial charge >= 0.3 is 5.97 Å². The summed E-state index contributed by atoms with van der Waals surface area (Å²) >= 11 is 5.68. The van der Waals surface area contributed by atoms with E-state index >= 15 is 0 Å². The molecule has 0 fully saturated rings. The molecule has 0 N–H and O–H groups in total. The molecule has 1 aliphatic rings. The molecule has 0 bridgehead atoms. The van der Waals surface area contributed by atoms with Gasteiger partial charge in [0, 0.05) is 13.6 Å². The summed E-state index contributed by atoms with van der Waals surface area (Å²) < 4.78 is 7.28. The van der Waals surface area contributed by atoms with Crippen LogP contribution in [0.1, 0.15) is 11.1 Å². The topological polar surface area (TPSA) is 38.7 Å². The molecule has 0 saturated heterocycles. The minimum atomic E-state index is -0.427. The quantitative estimate of drug-likeness (QED) is 0.384. The number of ether oxygens (including phenoxy) is 1. The molecule has 104 valence electrons. The molecule has 3 rings (SSSR count). The summed E-state index contributed by atoms with van der Waals surface area (Å²) in [6.07, 6.45) is 1.72. The Morgan fingerprint density at radius 3 is 2.62 bits per heavy atom. The van der Waals surface area contributed by atoms with E-state index in [9.17, 15) is 4.79 Å². The van der Waals surface area contributed by atoms with E-state index in [1.807, 2.05) is 48.5 Å². The summed E-state index contributed by atoms with van der Waals surface area (Å²) in [7, 11) is 0. The molecular formula is C16H9BrINO2. The molecule has 0 aliphatic carbocycles. The van der Waals surface area contributed by atoms with Crippen LogP contribution in [0.3, 0.4) is 0 Å². The zero-order chi connectivity index (χ0) is 14.8. The molecule has 0 radical (unpaired) electrons. The number of benzene rings is 2. The predicted octanol–water partition coefficient (Wildman–Crippen LogP) is 4.40. The Morgan fingerprint density at radius 2 is 1.90 bits per heavy atom. The van der Waals surface area contributed by atoms with E-state index in [4.69, 9.17) is 4.74 Å². The Bertz CT molecular complexity index is 769. The number of hydrogen-bond donors (Lipinski definition) is 0. The van der Waals surface area contributed by atoms with E-state index in [-0.39, 0.29) is 0 Å². The molecule has 5 heteroatoms. The standard InChI is InChI=1S/C16H9BrINO2/c17-12-9-11(6-7-13(12)18)15-19-14(16(20)21-15)8-10-4-2-1-3-5-10/h1-9H/b14-8-. The lowest BCUT2D eigenvalue weighted by molar-refractivity contribution is -0.129. The van der Waals surface area contributed by atoms with Gasteiger partial charge in [0.15, 0.2) is 5.70 Å². The predicted molar refractivity (Wildman–Crippen MR) is 93.9 cm³/mol. The normalized spacial score (nSPS) is 16.0. The van der Waals surface area contributed by atoms with Crippen molar-refractivity contribution in [1.29, 1.82) is 0 Å². The smallest absolute Gasteiger partial charge is 0.363 e. The Labute approximate surface area is 144 Å². The summed E-state index contributed by atoms with van der Waals surface area (Å²) in [6, 6.07) is 15.3. The van der Waals surface area contributed by atoms with E-state index < -0.39 is 5.97 Å². The average molecular weight is 454 g/mol. The van der Waals surface area contributed by atoms with Crippen molar-refractivity contribution in [3.8, 4) is 0 Å². The number of hydrogen-bond acceptors (Lipinski definition) is 3. The van der Waals surface area contributed by atoms with Crippen molar-refractivity contribution in [2.45, 2.75) is 0 Å². The van der Waals surface area contributed by atoms with Gasteiger partial charge < -0.3 is 4.74 Å². The van der Waals surface area contributed by atoms with Crippen LogP contribution in [-0.2, 0) is 9.53 Å². The maximum absolute atomic E-state index is 11.9. The molecule has 2 aromatic carbocycles. The zero-order valence-electron chi connectivity index (χ0n) is 10.7. The third-order valence-electron chi connectivity index (χ3n) is 2.89. The fraction of sp³-hybridized carbons (Fsp3) is 0. The largest absolute Gasteiger partial charge is 0.402 e. The lowest BCUT2D eigenvalue weighted by Gasteiger charge is -2.01. The Kier molecular flexibility index (Phi) is 4.21. The summed E-state index contributed by atoms with van der Waals surface area (Å²) in [5, 5.41) is 0. The fourth-order valence-electron chi connectivity index (χ4n) is 1.87. The number of carbonyl (C=O) groups excluding carboxylic acids is 1. The second-order valence-electron chi connectivity index (χ2n) is 4.38. The van der Waals surface area contributed by atoms with Gasteiger partial charge in [0.05, 0.1) is 0 Å². The highest BCUT2D eigenvalue weighted by molar-refractivity contribution is 14.1. The van der Waals surface area contributed by atoms with Gasteiger partial charge in [0.1, 0.15) is 0 Å². The minimum absolute atomic E-state index is 0.311. The SMILES string of the molecule is O=C1OC(c2ccc(I)c(Br)c2)=N/C1=C\c1ccccc1. The molecule has 0 atom stereocenters. The third kappa shape index (κ3) is 3.24. The van der Waals surface area contributed by atoms with Gasteiger partial charge in [0.25, 0.3) is 0 Å². The second-order valence-corrected chi connectivity index (χ2v) is 6.39. The van der Waals surface area contributed by atoms with Gasteiger partial charge in [-0.3, -0.25) is 0 Å². The molecule has 0 unspecified atom stereocenters. The van der Waals surface area contributed by atoms with Crippen molar-refractivity contribution >= 4 is 56.5 Å². The van der Waals surface area contributed by atoms with Crippen LogP contribution >= 0.6 is 38.5 Å². The molecule has 0 spiro atoms. The number of carbonyl (C=O) groups is 1. The van der Waals surface area contributed by atoms with Crippen LogP contribution in [0.2, 0.25) is 0 Å². The number of halogens is 2. The van der Waals surface area contributed by atoms with Gasteiger partial charge in [-0.05, 0) is 68.4 Å². The van der Waals surface area contributed by atoms with Crippen molar-refractivity contribution in [3.63, 3.8) is 0 Å². The van der Waals surface area contributed by atoms with Crippen molar-refractivity contribution in [1.82, 2.24) is 0 Å². The van der Waals surface area contributed by atoms with Crippen molar-refractivity contribution in [2.24, 2.45) is 4.99 Å². The van der Waals surface area contributed by atoms with Gasteiger partial charge in [-0.15, -0.1) is 0 Å². The molecule has 21 heavy (non-hydrogen) atoms. The average Bonchev–Trinajstić information content (AvgIpc) is 2.84. The third-order valence-corrected chi connectivity index (χ3v) is 5.23. The number of nitrogens with zero attached hydrogens (tertiary/aromatic N) is 1. The lowest BCUT2D eigenvalue weighted by atomic mass is 10.2. The molecular weight excluding hydrogens is 445 g/mol. The Hall–Kier alpha value is -1.47. The number of esters is 1. The maximum Gasteiger partial charge on any atom is 0.363 e. The van der Waals surface area contributed by atoms with E-state index in [1.54, 1.807) is 6.08 Å². The number of cyclic esters (lactones) is 1.